The average Bonchev–Trinajstić information content (AvgIpc) is 3.26. The van der Waals surface area contributed by atoms with Crippen molar-refractivity contribution in [2.75, 3.05) is 19.0 Å². The van der Waals surface area contributed by atoms with Gasteiger partial charge in [-0.1, -0.05) is 0 Å². The van der Waals surface area contributed by atoms with Crippen molar-refractivity contribution in [2.24, 2.45) is 0 Å². The maximum Gasteiger partial charge on any atom is 0.418 e. The molecule has 2 amide bonds. The zero-order valence-electron chi connectivity index (χ0n) is 17.4. The van der Waals surface area contributed by atoms with Gasteiger partial charge in [0.2, 0.25) is 0 Å². The van der Waals surface area contributed by atoms with Crippen molar-refractivity contribution in [3.05, 3.63) is 59.9 Å². The summed E-state index contributed by atoms with van der Waals surface area (Å²) in [5.41, 5.74) is -3.79. The van der Waals surface area contributed by atoms with Gasteiger partial charge in [-0.15, -0.1) is 0 Å². The van der Waals surface area contributed by atoms with Crippen molar-refractivity contribution in [1.29, 1.82) is 0 Å². The molecule has 0 fully saturated rings. The van der Waals surface area contributed by atoms with Gasteiger partial charge in [0.25, 0.3) is 5.95 Å². The Kier molecular flexibility index (Phi) is 6.29. The molecule has 0 aliphatic carbocycles. The van der Waals surface area contributed by atoms with Gasteiger partial charge in [0.1, 0.15) is 6.33 Å². The summed E-state index contributed by atoms with van der Waals surface area (Å²) >= 11 is 0. The Morgan fingerprint density at radius 2 is 1.64 bits per heavy atom. The summed E-state index contributed by atoms with van der Waals surface area (Å²) in [6, 6.07) is 0.928. The second-order valence-electron chi connectivity index (χ2n) is 6.93. The summed E-state index contributed by atoms with van der Waals surface area (Å²) in [4.78, 5) is 26.8. The van der Waals surface area contributed by atoms with Crippen LogP contribution in [0, 0.1) is 0 Å². The number of hydrogen-bond donors (Lipinski definition) is 0. The zero-order valence-corrected chi connectivity index (χ0v) is 17.4. The molecule has 0 N–H and O–H groups in total. The van der Waals surface area contributed by atoms with E-state index in [1.54, 1.807) is 13.0 Å². The second kappa shape index (κ2) is 8.67. The fourth-order valence-electron chi connectivity index (χ4n) is 3.00. The number of halogens is 6. The number of carbonyl (C=O) groups excluding carboxylic acids is 1. The quantitative estimate of drug-likeness (QED) is 0.527. The van der Waals surface area contributed by atoms with Crippen molar-refractivity contribution >= 4 is 11.7 Å². The van der Waals surface area contributed by atoms with Crippen LogP contribution in [-0.4, -0.2) is 49.8 Å². The third-order valence-electron chi connectivity index (χ3n) is 4.85. The van der Waals surface area contributed by atoms with E-state index in [0.29, 0.717) is 17.0 Å². The summed E-state index contributed by atoms with van der Waals surface area (Å²) in [6.45, 7) is 1.55. The summed E-state index contributed by atoms with van der Waals surface area (Å²) in [7, 11) is 2.35. The number of urea groups is 1. The summed E-state index contributed by atoms with van der Waals surface area (Å²) in [5, 5.41) is 4.01. The van der Waals surface area contributed by atoms with Gasteiger partial charge >= 0.3 is 18.4 Å². The van der Waals surface area contributed by atoms with Crippen LogP contribution in [0.3, 0.4) is 0 Å². The highest BCUT2D eigenvalue weighted by molar-refractivity contribution is 5.92. The van der Waals surface area contributed by atoms with E-state index in [2.05, 4.69) is 20.1 Å². The lowest BCUT2D eigenvalue weighted by atomic mass is 10.1. The second-order valence-corrected chi connectivity index (χ2v) is 6.93. The van der Waals surface area contributed by atoms with Crippen LogP contribution in [0.15, 0.2) is 43.0 Å². The standard InChI is InChI=1S/C19H17F6N7O/c1-11(15-28-10-29-32(15)16-26-7-4-8-27-16)30(2)17(33)31(3)14-6-5-12(18(20,21)22)9-13(14)19(23,24)25/h4-11H,1-3H3/t11-/m0/s1. The number of alkyl halides is 6. The Hall–Kier alpha value is -3.71. The van der Waals surface area contributed by atoms with E-state index in [-0.39, 0.29) is 17.8 Å². The molecule has 0 radical (unpaired) electrons. The van der Waals surface area contributed by atoms with Gasteiger partial charge in [-0.2, -0.15) is 36.1 Å². The Balaban J connectivity index is 1.93. The monoisotopic (exact) mass is 473 g/mol. The molecule has 176 valence electrons. The maximum absolute atomic E-state index is 13.5. The Bertz CT molecular complexity index is 1130. The van der Waals surface area contributed by atoms with Gasteiger partial charge in [0.05, 0.1) is 22.9 Å². The Morgan fingerprint density at radius 3 is 2.21 bits per heavy atom. The van der Waals surface area contributed by atoms with Gasteiger partial charge in [-0.25, -0.2) is 19.7 Å². The highest BCUT2D eigenvalue weighted by Crippen LogP contribution is 2.40. The van der Waals surface area contributed by atoms with Crippen LogP contribution < -0.4 is 4.90 Å². The lowest BCUT2D eigenvalue weighted by Gasteiger charge is -2.30. The number of aromatic nitrogens is 5. The van der Waals surface area contributed by atoms with Crippen LogP contribution in [0.2, 0.25) is 0 Å². The fraction of sp³-hybridized carbons (Fsp3) is 0.316. The lowest BCUT2D eigenvalue weighted by Crippen LogP contribution is -2.41. The lowest BCUT2D eigenvalue weighted by molar-refractivity contribution is -0.142. The largest absolute Gasteiger partial charge is 0.418 e. The molecule has 1 aromatic carbocycles. The topological polar surface area (TPSA) is 80.0 Å². The van der Waals surface area contributed by atoms with Gasteiger partial charge in [0, 0.05) is 26.5 Å². The first kappa shape index (κ1) is 23.9. The van der Waals surface area contributed by atoms with E-state index in [0.717, 1.165) is 11.9 Å². The number of amides is 2. The first-order chi connectivity index (χ1) is 15.3. The molecule has 3 aromatic rings. The van der Waals surface area contributed by atoms with Gasteiger partial charge in [-0.3, -0.25) is 4.90 Å². The molecule has 1 atom stereocenters. The predicted molar refractivity (Wildman–Crippen MR) is 103 cm³/mol. The van der Waals surface area contributed by atoms with E-state index >= 15 is 0 Å². The van der Waals surface area contributed by atoms with Crippen LogP contribution in [-0.2, 0) is 12.4 Å². The van der Waals surface area contributed by atoms with Crippen molar-refractivity contribution in [3.8, 4) is 5.95 Å². The summed E-state index contributed by atoms with van der Waals surface area (Å²) in [5.74, 6) is 0.377. The first-order valence-corrected chi connectivity index (χ1v) is 9.28. The smallest absolute Gasteiger partial charge is 0.317 e. The van der Waals surface area contributed by atoms with Gasteiger partial charge in [0.15, 0.2) is 5.82 Å². The normalized spacial score (nSPS) is 13.0. The number of rotatable bonds is 4. The Labute approximate surface area is 183 Å². The van der Waals surface area contributed by atoms with E-state index in [1.807, 2.05) is 0 Å². The SMILES string of the molecule is C[C@@H](c1ncnn1-c1ncccn1)N(C)C(=O)N(C)c1ccc(C(F)(F)F)cc1C(F)(F)F. The van der Waals surface area contributed by atoms with Gasteiger partial charge < -0.3 is 4.90 Å². The van der Waals surface area contributed by atoms with Crippen LogP contribution in [0.1, 0.15) is 29.9 Å². The number of nitrogens with zero attached hydrogens (tertiary/aromatic N) is 7. The highest BCUT2D eigenvalue weighted by atomic mass is 19.4. The molecule has 0 bridgehead atoms. The third kappa shape index (κ3) is 4.88. The number of anilines is 1. The highest BCUT2D eigenvalue weighted by Gasteiger charge is 2.40. The van der Waals surface area contributed by atoms with E-state index in [9.17, 15) is 31.1 Å². The molecule has 0 saturated heterocycles. The number of benzene rings is 1. The van der Waals surface area contributed by atoms with E-state index in [4.69, 9.17) is 0 Å². The average molecular weight is 473 g/mol. The molecule has 0 saturated carbocycles. The van der Waals surface area contributed by atoms with Crippen molar-refractivity contribution in [2.45, 2.75) is 25.3 Å². The van der Waals surface area contributed by atoms with Crippen LogP contribution in [0.25, 0.3) is 5.95 Å². The van der Waals surface area contributed by atoms with Crippen LogP contribution in [0.5, 0.6) is 0 Å². The molecule has 8 nitrogen and oxygen atoms in total. The number of hydrogen-bond acceptors (Lipinski definition) is 5. The summed E-state index contributed by atoms with van der Waals surface area (Å²) in [6.07, 6.45) is -5.98. The predicted octanol–water partition coefficient (Wildman–Crippen LogP) is 4.34. The van der Waals surface area contributed by atoms with Gasteiger partial charge in [-0.05, 0) is 31.2 Å². The third-order valence-corrected chi connectivity index (χ3v) is 4.85. The molecular formula is C19H17F6N7O. The van der Waals surface area contributed by atoms with Crippen LogP contribution in [0.4, 0.5) is 36.8 Å². The molecule has 2 heterocycles. The minimum absolute atomic E-state index is 0.0219. The Morgan fingerprint density at radius 1 is 1.00 bits per heavy atom. The van der Waals surface area contributed by atoms with Crippen LogP contribution >= 0.6 is 0 Å². The summed E-state index contributed by atoms with van der Waals surface area (Å²) < 4.78 is 80.6. The van der Waals surface area contributed by atoms with Crippen molar-refractivity contribution < 1.29 is 31.1 Å². The van der Waals surface area contributed by atoms with E-state index in [1.165, 1.54) is 30.5 Å². The molecule has 0 aliphatic heterocycles. The fourth-order valence-corrected chi connectivity index (χ4v) is 3.00. The molecule has 14 heteroatoms. The first-order valence-electron chi connectivity index (χ1n) is 9.28. The molecule has 33 heavy (non-hydrogen) atoms. The molecule has 0 aliphatic rings. The van der Waals surface area contributed by atoms with E-state index < -0.39 is 41.2 Å². The maximum atomic E-state index is 13.5. The molecular weight excluding hydrogens is 456 g/mol. The minimum Gasteiger partial charge on any atom is -0.317 e. The molecule has 0 unspecified atom stereocenters. The zero-order chi connectivity index (χ0) is 24.6. The molecule has 2 aromatic heterocycles. The number of carbonyl (C=O) groups is 1. The van der Waals surface area contributed by atoms with Crippen molar-refractivity contribution in [3.63, 3.8) is 0 Å². The molecule has 0 spiro atoms. The molecule has 3 rings (SSSR count). The van der Waals surface area contributed by atoms with Crippen molar-refractivity contribution in [1.82, 2.24) is 29.6 Å². The minimum atomic E-state index is -5.12.